The van der Waals surface area contributed by atoms with Gasteiger partial charge in [0.1, 0.15) is 17.5 Å². The number of nitriles is 1. The highest BCUT2D eigenvalue weighted by Crippen LogP contribution is 2.19. The molecule has 0 aliphatic heterocycles. The average Bonchev–Trinajstić information content (AvgIpc) is 2.33. The zero-order chi connectivity index (χ0) is 13.0. The smallest absolute Gasteiger partial charge is 0.348 e. The van der Waals surface area contributed by atoms with Crippen molar-refractivity contribution < 1.29 is 22.7 Å². The van der Waals surface area contributed by atoms with Crippen LogP contribution >= 0.6 is 0 Å². The molecule has 0 aliphatic rings. The van der Waals surface area contributed by atoms with Gasteiger partial charge in [0, 0.05) is 0 Å². The Morgan fingerprint density at radius 2 is 1.94 bits per heavy atom. The molecular weight excluding hydrogens is 235 g/mol. The monoisotopic (exact) mass is 241 g/mol. The number of benzene rings is 1. The van der Waals surface area contributed by atoms with Crippen LogP contribution in [0.1, 0.15) is 5.56 Å². The van der Waals surface area contributed by atoms with E-state index in [4.69, 9.17) is 5.26 Å². The number of esters is 1. The molecule has 1 aromatic rings. The zero-order valence-corrected chi connectivity index (χ0v) is 8.63. The number of hydrogen-bond donors (Lipinski definition) is 0. The first-order valence-corrected chi connectivity index (χ1v) is 4.35. The predicted molar refractivity (Wildman–Crippen MR) is 51.9 cm³/mol. The van der Waals surface area contributed by atoms with Crippen LogP contribution in [0.25, 0.3) is 6.08 Å². The van der Waals surface area contributed by atoms with E-state index in [1.807, 2.05) is 0 Å². The minimum absolute atomic E-state index is 0.597. The van der Waals surface area contributed by atoms with Crippen LogP contribution in [0, 0.1) is 28.8 Å². The van der Waals surface area contributed by atoms with Crippen molar-refractivity contribution in [2.24, 2.45) is 0 Å². The molecule has 0 fully saturated rings. The standard InChI is InChI=1S/C11H6F3NO2/c1-17-11(16)6(5-15)4-7-8(12)2-3-9(13)10(7)14/h2-4H,1H3. The van der Waals surface area contributed by atoms with Gasteiger partial charge in [0.2, 0.25) is 0 Å². The lowest BCUT2D eigenvalue weighted by molar-refractivity contribution is -0.135. The second-order valence-electron chi connectivity index (χ2n) is 2.92. The number of rotatable bonds is 2. The van der Waals surface area contributed by atoms with Gasteiger partial charge < -0.3 is 4.74 Å². The lowest BCUT2D eigenvalue weighted by Gasteiger charge is -2.01. The minimum Gasteiger partial charge on any atom is -0.465 e. The summed E-state index contributed by atoms with van der Waals surface area (Å²) in [5.41, 5.74) is -1.43. The molecule has 0 amide bonds. The molecule has 0 saturated heterocycles. The van der Waals surface area contributed by atoms with Gasteiger partial charge in [0.25, 0.3) is 0 Å². The molecule has 0 atom stereocenters. The van der Waals surface area contributed by atoms with E-state index in [0.717, 1.165) is 7.11 Å². The summed E-state index contributed by atoms with van der Waals surface area (Å²) in [6.45, 7) is 0. The molecule has 0 bridgehead atoms. The normalized spacial score (nSPS) is 10.9. The third-order valence-corrected chi connectivity index (χ3v) is 1.89. The number of ether oxygens (including phenoxy) is 1. The van der Waals surface area contributed by atoms with E-state index < -0.39 is 34.6 Å². The molecule has 3 nitrogen and oxygen atoms in total. The molecule has 0 N–H and O–H groups in total. The fraction of sp³-hybridized carbons (Fsp3) is 0.0909. The summed E-state index contributed by atoms with van der Waals surface area (Å²) in [6.07, 6.45) is 0.597. The van der Waals surface area contributed by atoms with Crippen LogP contribution < -0.4 is 0 Å². The highest BCUT2D eigenvalue weighted by atomic mass is 19.2. The molecule has 1 aromatic carbocycles. The third-order valence-electron chi connectivity index (χ3n) is 1.89. The fourth-order valence-electron chi connectivity index (χ4n) is 1.07. The van der Waals surface area contributed by atoms with Crippen molar-refractivity contribution in [3.05, 3.63) is 40.7 Å². The van der Waals surface area contributed by atoms with Crippen molar-refractivity contribution in [1.82, 2.24) is 0 Å². The molecule has 1 rings (SSSR count). The first-order chi connectivity index (χ1) is 8.01. The first-order valence-electron chi connectivity index (χ1n) is 4.35. The van der Waals surface area contributed by atoms with Gasteiger partial charge in [-0.2, -0.15) is 5.26 Å². The number of methoxy groups -OCH3 is 1. The maximum atomic E-state index is 13.2. The molecule has 0 unspecified atom stereocenters. The molecule has 0 spiro atoms. The molecule has 88 valence electrons. The van der Waals surface area contributed by atoms with Gasteiger partial charge in [-0.25, -0.2) is 18.0 Å². The highest BCUT2D eigenvalue weighted by Gasteiger charge is 2.15. The SMILES string of the molecule is COC(=O)C(C#N)=Cc1c(F)ccc(F)c1F. The van der Waals surface area contributed by atoms with Crippen molar-refractivity contribution in [2.45, 2.75) is 0 Å². The van der Waals surface area contributed by atoms with Crippen LogP contribution in [0.5, 0.6) is 0 Å². The Kier molecular flexibility index (Phi) is 3.88. The largest absolute Gasteiger partial charge is 0.465 e. The van der Waals surface area contributed by atoms with E-state index in [0.29, 0.717) is 18.2 Å². The Bertz CT molecular complexity index is 532. The Morgan fingerprint density at radius 3 is 2.47 bits per heavy atom. The Morgan fingerprint density at radius 1 is 1.35 bits per heavy atom. The average molecular weight is 241 g/mol. The van der Waals surface area contributed by atoms with Gasteiger partial charge in [0.15, 0.2) is 11.6 Å². The van der Waals surface area contributed by atoms with E-state index >= 15 is 0 Å². The molecule has 0 aromatic heterocycles. The summed E-state index contributed by atoms with van der Waals surface area (Å²) >= 11 is 0. The van der Waals surface area contributed by atoms with E-state index in [2.05, 4.69) is 4.74 Å². The van der Waals surface area contributed by atoms with E-state index in [1.54, 1.807) is 0 Å². The maximum Gasteiger partial charge on any atom is 0.348 e. The lowest BCUT2D eigenvalue weighted by Crippen LogP contribution is -2.04. The fourth-order valence-corrected chi connectivity index (χ4v) is 1.07. The van der Waals surface area contributed by atoms with E-state index in [1.165, 1.54) is 6.07 Å². The summed E-state index contributed by atoms with van der Waals surface area (Å²) in [5, 5.41) is 8.58. The van der Waals surface area contributed by atoms with Crippen molar-refractivity contribution in [2.75, 3.05) is 7.11 Å². The number of carbonyl (C=O) groups is 1. The van der Waals surface area contributed by atoms with Crippen molar-refractivity contribution >= 4 is 12.0 Å². The quantitative estimate of drug-likeness (QED) is 0.345. The Hall–Kier alpha value is -2.29. The van der Waals surface area contributed by atoms with Crippen LogP contribution in [0.2, 0.25) is 0 Å². The Balaban J connectivity index is 3.36. The zero-order valence-electron chi connectivity index (χ0n) is 8.63. The summed E-state index contributed by atoms with van der Waals surface area (Å²) in [6, 6.07) is 2.70. The predicted octanol–water partition coefficient (Wildman–Crippen LogP) is 2.18. The van der Waals surface area contributed by atoms with Gasteiger partial charge in [-0.3, -0.25) is 0 Å². The van der Waals surface area contributed by atoms with E-state index in [-0.39, 0.29) is 0 Å². The second kappa shape index (κ2) is 5.16. The van der Waals surface area contributed by atoms with Gasteiger partial charge in [0.05, 0.1) is 12.7 Å². The topological polar surface area (TPSA) is 50.1 Å². The van der Waals surface area contributed by atoms with Crippen LogP contribution in [0.15, 0.2) is 17.7 Å². The number of nitrogens with zero attached hydrogens (tertiary/aromatic N) is 1. The minimum atomic E-state index is -1.47. The lowest BCUT2D eigenvalue weighted by atomic mass is 10.1. The summed E-state index contributed by atoms with van der Waals surface area (Å²) in [4.78, 5) is 11.0. The number of hydrogen-bond acceptors (Lipinski definition) is 3. The third kappa shape index (κ3) is 2.64. The van der Waals surface area contributed by atoms with E-state index in [9.17, 15) is 18.0 Å². The second-order valence-corrected chi connectivity index (χ2v) is 2.92. The van der Waals surface area contributed by atoms with Crippen molar-refractivity contribution in [3.63, 3.8) is 0 Å². The van der Waals surface area contributed by atoms with Crippen molar-refractivity contribution in [1.29, 1.82) is 5.26 Å². The van der Waals surface area contributed by atoms with Gasteiger partial charge in [-0.1, -0.05) is 0 Å². The number of halogens is 3. The van der Waals surface area contributed by atoms with Crippen LogP contribution in [0.4, 0.5) is 13.2 Å². The number of carbonyl (C=O) groups excluding carboxylic acids is 1. The first kappa shape index (κ1) is 12.8. The molecule has 0 heterocycles. The molecule has 0 aliphatic carbocycles. The van der Waals surface area contributed by atoms with Crippen LogP contribution in [0.3, 0.4) is 0 Å². The Labute approximate surface area is 94.7 Å². The molecule has 6 heteroatoms. The van der Waals surface area contributed by atoms with Gasteiger partial charge in [-0.05, 0) is 18.2 Å². The van der Waals surface area contributed by atoms with Gasteiger partial charge >= 0.3 is 5.97 Å². The van der Waals surface area contributed by atoms with Crippen molar-refractivity contribution in [3.8, 4) is 6.07 Å². The van der Waals surface area contributed by atoms with Gasteiger partial charge in [-0.15, -0.1) is 0 Å². The summed E-state index contributed by atoms with van der Waals surface area (Å²) in [7, 11) is 1.01. The summed E-state index contributed by atoms with van der Waals surface area (Å²) < 4.78 is 43.4. The maximum absolute atomic E-state index is 13.2. The molecule has 0 radical (unpaired) electrons. The summed E-state index contributed by atoms with van der Waals surface area (Å²) in [5.74, 6) is -4.89. The van der Waals surface area contributed by atoms with Crippen LogP contribution in [-0.2, 0) is 9.53 Å². The highest BCUT2D eigenvalue weighted by molar-refractivity contribution is 5.97. The molecule has 0 saturated carbocycles. The molecular formula is C11H6F3NO2. The van der Waals surface area contributed by atoms with Crippen LogP contribution in [-0.4, -0.2) is 13.1 Å². The molecule has 17 heavy (non-hydrogen) atoms.